The van der Waals surface area contributed by atoms with E-state index < -0.39 is 6.29 Å². The number of allylic oxidation sites excluding steroid dienone is 8. The minimum atomic E-state index is -0.979. The summed E-state index contributed by atoms with van der Waals surface area (Å²) < 4.78 is 5.54. The van der Waals surface area contributed by atoms with Crippen LogP contribution in [0.25, 0.3) is 5.57 Å². The molecule has 1 atom stereocenters. The van der Waals surface area contributed by atoms with Crippen LogP contribution in [-0.2, 0) is 4.74 Å². The molecular formula is C30H33NO2. The van der Waals surface area contributed by atoms with E-state index in [-0.39, 0.29) is 0 Å². The highest BCUT2D eigenvalue weighted by atomic mass is 16.6. The van der Waals surface area contributed by atoms with E-state index in [1.165, 1.54) is 11.6 Å². The zero-order valence-corrected chi connectivity index (χ0v) is 19.6. The third-order valence-electron chi connectivity index (χ3n) is 5.37. The Bertz CT molecular complexity index is 1070. The first kappa shape index (κ1) is 24.1. The molecule has 3 heteroatoms. The van der Waals surface area contributed by atoms with Crippen LogP contribution in [0.15, 0.2) is 116 Å². The Morgan fingerprint density at radius 1 is 1.09 bits per heavy atom. The van der Waals surface area contributed by atoms with Gasteiger partial charge in [0.2, 0.25) is 6.29 Å². The summed E-state index contributed by atoms with van der Waals surface area (Å²) in [7, 11) is 0. The molecule has 1 aliphatic carbocycles. The highest BCUT2D eigenvalue weighted by Crippen LogP contribution is 2.33. The Morgan fingerprint density at radius 3 is 2.36 bits per heavy atom. The zero-order chi connectivity index (χ0) is 23.6. The maximum absolute atomic E-state index is 9.72. The van der Waals surface area contributed by atoms with Crippen LogP contribution in [-0.4, -0.2) is 11.4 Å². The average Bonchev–Trinajstić information content (AvgIpc) is 2.84. The summed E-state index contributed by atoms with van der Waals surface area (Å²) in [6, 6.07) is 17.1. The molecule has 1 N–H and O–H groups in total. The normalized spacial score (nSPS) is 14.9. The number of rotatable bonds is 10. The number of aryl methyl sites for hydroxylation is 1. The van der Waals surface area contributed by atoms with Crippen LogP contribution in [0.5, 0.6) is 0 Å². The van der Waals surface area contributed by atoms with E-state index in [9.17, 15) is 5.11 Å². The Labute approximate surface area is 198 Å². The van der Waals surface area contributed by atoms with Gasteiger partial charge in [-0.1, -0.05) is 68.1 Å². The lowest BCUT2D eigenvalue weighted by Crippen LogP contribution is -2.15. The molecule has 3 rings (SSSR count). The molecular weight excluding hydrogens is 406 g/mol. The van der Waals surface area contributed by atoms with Crippen molar-refractivity contribution < 1.29 is 9.84 Å². The van der Waals surface area contributed by atoms with Crippen LogP contribution in [0, 0.1) is 6.92 Å². The Morgan fingerprint density at radius 2 is 1.76 bits per heavy atom. The molecule has 1 aliphatic rings. The van der Waals surface area contributed by atoms with E-state index in [1.807, 2.05) is 18.2 Å². The summed E-state index contributed by atoms with van der Waals surface area (Å²) in [5, 5.41) is 9.72. The first-order chi connectivity index (χ1) is 16.0. The maximum atomic E-state index is 9.72. The molecule has 170 valence electrons. The summed E-state index contributed by atoms with van der Waals surface area (Å²) in [5.74, 6) is 0.770. The smallest absolute Gasteiger partial charge is 0.216 e. The van der Waals surface area contributed by atoms with Crippen molar-refractivity contribution in [2.24, 2.45) is 0 Å². The second-order valence-electron chi connectivity index (χ2n) is 7.91. The predicted octanol–water partition coefficient (Wildman–Crippen LogP) is 7.75. The number of hydrogen-bond acceptors (Lipinski definition) is 3. The minimum absolute atomic E-state index is 0.770. The minimum Gasteiger partial charge on any atom is -0.466 e. The van der Waals surface area contributed by atoms with Crippen LogP contribution in [0.1, 0.15) is 37.3 Å². The Balaban J connectivity index is 1.96. The first-order valence-corrected chi connectivity index (χ1v) is 11.4. The van der Waals surface area contributed by atoms with Crippen molar-refractivity contribution in [2.75, 3.05) is 4.90 Å². The van der Waals surface area contributed by atoms with Crippen molar-refractivity contribution in [3.63, 3.8) is 0 Å². The molecule has 0 saturated carbocycles. The number of hydrogen-bond donors (Lipinski definition) is 1. The highest BCUT2D eigenvalue weighted by Gasteiger charge is 2.15. The van der Waals surface area contributed by atoms with Gasteiger partial charge in [-0.3, -0.25) is 0 Å². The second kappa shape index (κ2) is 11.9. The molecule has 0 heterocycles. The lowest BCUT2D eigenvalue weighted by atomic mass is 9.98. The van der Waals surface area contributed by atoms with Gasteiger partial charge in [-0.15, -0.1) is 0 Å². The molecule has 0 aliphatic heterocycles. The van der Waals surface area contributed by atoms with Gasteiger partial charge in [-0.25, -0.2) is 0 Å². The number of benzene rings is 2. The SMILES string of the molecule is C=C/C=C(\C=C/CC)N(c1ccc(C)cc1)c1ccc(C2=CCCC(O[C@@H](O)C=C)=C2)cc1. The van der Waals surface area contributed by atoms with Crippen LogP contribution in [0.3, 0.4) is 0 Å². The lowest BCUT2D eigenvalue weighted by molar-refractivity contribution is -0.0292. The van der Waals surface area contributed by atoms with Crippen molar-refractivity contribution in [1.29, 1.82) is 0 Å². The molecule has 0 amide bonds. The van der Waals surface area contributed by atoms with Crippen LogP contribution < -0.4 is 4.90 Å². The molecule has 0 saturated heterocycles. The number of nitrogens with zero attached hydrogens (tertiary/aromatic N) is 1. The van der Waals surface area contributed by atoms with Gasteiger partial charge in [-0.2, -0.15) is 0 Å². The molecule has 2 aromatic carbocycles. The van der Waals surface area contributed by atoms with Crippen LogP contribution in [0.4, 0.5) is 11.4 Å². The summed E-state index contributed by atoms with van der Waals surface area (Å²) in [4.78, 5) is 2.23. The largest absolute Gasteiger partial charge is 0.466 e. The van der Waals surface area contributed by atoms with Gasteiger partial charge >= 0.3 is 0 Å². The Hall–Kier alpha value is -3.56. The number of ether oxygens (including phenoxy) is 1. The van der Waals surface area contributed by atoms with Crippen molar-refractivity contribution >= 4 is 16.9 Å². The summed E-state index contributed by atoms with van der Waals surface area (Å²) in [6.45, 7) is 11.7. The summed E-state index contributed by atoms with van der Waals surface area (Å²) in [6.07, 6.45) is 15.3. The van der Waals surface area contributed by atoms with E-state index >= 15 is 0 Å². The van der Waals surface area contributed by atoms with Gasteiger partial charge in [0, 0.05) is 23.5 Å². The average molecular weight is 440 g/mol. The molecule has 0 fully saturated rings. The van der Waals surface area contributed by atoms with Gasteiger partial charge in [0.05, 0.1) is 0 Å². The fraction of sp³-hybridized carbons (Fsp3) is 0.200. The van der Waals surface area contributed by atoms with E-state index in [0.29, 0.717) is 0 Å². The second-order valence-corrected chi connectivity index (χ2v) is 7.91. The van der Waals surface area contributed by atoms with E-state index in [4.69, 9.17) is 4.74 Å². The van der Waals surface area contributed by atoms with Crippen LogP contribution >= 0.6 is 0 Å². The third-order valence-corrected chi connectivity index (χ3v) is 5.37. The van der Waals surface area contributed by atoms with Crippen molar-refractivity contribution in [3.8, 4) is 0 Å². The van der Waals surface area contributed by atoms with Gasteiger partial charge in [0.25, 0.3) is 0 Å². The number of aliphatic hydroxyl groups is 1. The molecule has 2 aromatic rings. The van der Waals surface area contributed by atoms with E-state index in [2.05, 4.69) is 98.7 Å². The van der Waals surface area contributed by atoms with Crippen LogP contribution in [0.2, 0.25) is 0 Å². The maximum Gasteiger partial charge on any atom is 0.216 e. The molecule has 33 heavy (non-hydrogen) atoms. The molecule has 3 nitrogen and oxygen atoms in total. The predicted molar refractivity (Wildman–Crippen MR) is 140 cm³/mol. The van der Waals surface area contributed by atoms with Gasteiger partial charge in [0.1, 0.15) is 5.76 Å². The van der Waals surface area contributed by atoms with E-state index in [1.54, 1.807) is 0 Å². The lowest BCUT2D eigenvalue weighted by Gasteiger charge is -2.27. The number of aliphatic hydroxyl groups excluding tert-OH is 1. The van der Waals surface area contributed by atoms with Crippen molar-refractivity contribution in [1.82, 2.24) is 0 Å². The zero-order valence-electron chi connectivity index (χ0n) is 19.6. The topological polar surface area (TPSA) is 32.7 Å². The third kappa shape index (κ3) is 6.47. The fourth-order valence-corrected chi connectivity index (χ4v) is 3.68. The van der Waals surface area contributed by atoms with E-state index in [0.717, 1.165) is 53.2 Å². The first-order valence-electron chi connectivity index (χ1n) is 11.4. The summed E-state index contributed by atoms with van der Waals surface area (Å²) >= 11 is 0. The summed E-state index contributed by atoms with van der Waals surface area (Å²) in [5.41, 5.74) is 6.63. The van der Waals surface area contributed by atoms with Crippen molar-refractivity contribution in [2.45, 2.75) is 39.4 Å². The molecule has 0 bridgehead atoms. The monoisotopic (exact) mass is 439 g/mol. The molecule has 0 aromatic heterocycles. The van der Waals surface area contributed by atoms with Gasteiger partial charge < -0.3 is 14.7 Å². The Kier molecular flexibility index (Phi) is 8.68. The fourth-order valence-electron chi connectivity index (χ4n) is 3.68. The standard InChI is InChI=1S/C30H33NO2/c1-5-8-12-26(10-6-2)31(27-18-14-23(4)15-19-27)28-20-16-24(17-21-28)25-11-9-13-29(22-25)33-30(32)7-3/h6-8,10-12,14-22,30,32H,2-3,5,9,13H2,1,4H3/b12-8-,26-10+/t30-/m1/s1. The molecule has 0 radical (unpaired) electrons. The van der Waals surface area contributed by atoms with Gasteiger partial charge in [0.15, 0.2) is 0 Å². The van der Waals surface area contributed by atoms with Crippen molar-refractivity contribution in [3.05, 3.63) is 127 Å². The molecule has 0 spiro atoms. The highest BCUT2D eigenvalue weighted by molar-refractivity contribution is 5.78. The molecule has 0 unspecified atom stereocenters. The quantitative estimate of drug-likeness (QED) is 0.233. The van der Waals surface area contributed by atoms with Gasteiger partial charge in [-0.05, 0) is 79.5 Å². The number of anilines is 2.